The highest BCUT2D eigenvalue weighted by molar-refractivity contribution is 5.85. The second-order valence-electron chi connectivity index (χ2n) is 8.58. The second-order valence-corrected chi connectivity index (χ2v) is 8.58. The van der Waals surface area contributed by atoms with Crippen LogP contribution in [0, 0.1) is 0 Å². The van der Waals surface area contributed by atoms with Gasteiger partial charge in [0.15, 0.2) is 5.54 Å². The van der Waals surface area contributed by atoms with Crippen LogP contribution in [0.1, 0.15) is 40.5 Å². The summed E-state index contributed by atoms with van der Waals surface area (Å²) in [7, 11) is 3.30. The molecule has 0 bridgehead atoms. The number of carboxylic acids is 1. The third-order valence-corrected chi connectivity index (χ3v) is 5.53. The lowest BCUT2D eigenvalue weighted by Crippen LogP contribution is -2.59. The van der Waals surface area contributed by atoms with Crippen LogP contribution >= 0.6 is 0 Å². The van der Waals surface area contributed by atoms with Crippen LogP contribution in [0.5, 0.6) is 0 Å². The van der Waals surface area contributed by atoms with Gasteiger partial charge in [-0.05, 0) is 27.2 Å². The fourth-order valence-corrected chi connectivity index (χ4v) is 3.76. The number of nitrogens with one attached hydrogen (secondary N) is 1. The first-order chi connectivity index (χ1) is 13.8. The summed E-state index contributed by atoms with van der Waals surface area (Å²) in [5.74, 6) is -1.03. The molecule has 0 spiro atoms. The SMILES string of the molecule is CCC1(C(=O)O)C2=C(CCN(C(=O)O)C2)NN1CCN(C)N(C)C(=O)OC(C)(C)C. The molecule has 2 heterocycles. The second kappa shape index (κ2) is 8.68. The Labute approximate surface area is 176 Å². The molecule has 0 radical (unpaired) electrons. The Morgan fingerprint density at radius 1 is 1.23 bits per heavy atom. The van der Waals surface area contributed by atoms with Gasteiger partial charge < -0.3 is 25.3 Å². The minimum Gasteiger partial charge on any atom is -0.480 e. The van der Waals surface area contributed by atoms with Crippen LogP contribution < -0.4 is 5.43 Å². The average Bonchev–Trinajstić information content (AvgIpc) is 2.97. The van der Waals surface area contributed by atoms with E-state index in [-0.39, 0.29) is 13.0 Å². The summed E-state index contributed by atoms with van der Waals surface area (Å²) in [4.78, 5) is 37.3. The Hall–Kier alpha value is -2.53. The molecule has 0 aromatic carbocycles. The van der Waals surface area contributed by atoms with E-state index < -0.39 is 29.3 Å². The molecule has 170 valence electrons. The molecule has 0 saturated carbocycles. The zero-order chi connectivity index (χ0) is 22.9. The third-order valence-electron chi connectivity index (χ3n) is 5.53. The number of ether oxygens (including phenoxy) is 1. The van der Waals surface area contributed by atoms with Crippen molar-refractivity contribution in [3.8, 4) is 0 Å². The first-order valence-corrected chi connectivity index (χ1v) is 9.99. The number of aliphatic carboxylic acids is 1. The number of hydrogen-bond acceptors (Lipinski definition) is 7. The number of rotatable bonds is 6. The molecule has 2 aliphatic rings. The van der Waals surface area contributed by atoms with Crippen molar-refractivity contribution in [2.45, 2.75) is 51.7 Å². The first-order valence-electron chi connectivity index (χ1n) is 9.99. The molecule has 2 aliphatic heterocycles. The van der Waals surface area contributed by atoms with E-state index in [4.69, 9.17) is 4.74 Å². The maximum atomic E-state index is 12.4. The summed E-state index contributed by atoms with van der Waals surface area (Å²) >= 11 is 0. The van der Waals surface area contributed by atoms with Crippen molar-refractivity contribution in [3.63, 3.8) is 0 Å². The normalized spacial score (nSPS) is 22.0. The molecule has 11 nitrogen and oxygen atoms in total. The number of hydrazine groups is 2. The fraction of sp³-hybridized carbons (Fsp3) is 0.737. The monoisotopic (exact) mass is 427 g/mol. The Kier molecular flexibility index (Phi) is 6.87. The Balaban J connectivity index is 2.13. The summed E-state index contributed by atoms with van der Waals surface area (Å²) in [6.07, 6.45) is -0.864. The average molecular weight is 428 g/mol. The van der Waals surface area contributed by atoms with Crippen LogP contribution in [-0.2, 0) is 9.53 Å². The Morgan fingerprint density at radius 3 is 2.37 bits per heavy atom. The van der Waals surface area contributed by atoms with Gasteiger partial charge in [0.25, 0.3) is 0 Å². The number of carbonyl (C=O) groups is 3. The number of likely N-dealkylation sites (N-methyl/N-ethyl adjacent to an activating group) is 1. The molecule has 2 rings (SSSR count). The maximum absolute atomic E-state index is 12.4. The Morgan fingerprint density at radius 2 is 1.87 bits per heavy atom. The van der Waals surface area contributed by atoms with Gasteiger partial charge >= 0.3 is 18.2 Å². The largest absolute Gasteiger partial charge is 0.480 e. The van der Waals surface area contributed by atoms with Gasteiger partial charge in [-0.3, -0.25) is 0 Å². The van der Waals surface area contributed by atoms with Gasteiger partial charge in [-0.15, -0.1) is 0 Å². The van der Waals surface area contributed by atoms with Crippen molar-refractivity contribution in [2.24, 2.45) is 0 Å². The van der Waals surface area contributed by atoms with Gasteiger partial charge in [0.05, 0.1) is 0 Å². The van der Waals surface area contributed by atoms with E-state index in [0.717, 1.165) is 5.70 Å². The molecule has 1 atom stereocenters. The van der Waals surface area contributed by atoms with Crippen molar-refractivity contribution in [2.75, 3.05) is 40.3 Å². The molecule has 2 amide bonds. The number of carbonyl (C=O) groups excluding carboxylic acids is 1. The van der Waals surface area contributed by atoms with Crippen LogP contribution in [0.4, 0.5) is 9.59 Å². The molecule has 11 heteroatoms. The van der Waals surface area contributed by atoms with Gasteiger partial charge in [0.1, 0.15) is 5.60 Å². The van der Waals surface area contributed by atoms with Gasteiger partial charge in [0.2, 0.25) is 0 Å². The molecular formula is C19H33N5O6. The minimum atomic E-state index is -1.34. The standard InChI is InChI=1S/C19H33N5O6/c1-7-19(15(25)26)13-12-23(16(27)28)9-8-14(13)20-24(19)11-10-21(5)22(6)17(29)30-18(2,3)4/h20H,7-12H2,1-6H3,(H,25,26)(H,27,28). The van der Waals surface area contributed by atoms with E-state index in [9.17, 15) is 24.6 Å². The molecule has 30 heavy (non-hydrogen) atoms. The highest BCUT2D eigenvalue weighted by atomic mass is 16.6. The topological polar surface area (TPSA) is 126 Å². The van der Waals surface area contributed by atoms with E-state index in [1.54, 1.807) is 51.8 Å². The van der Waals surface area contributed by atoms with Crippen LogP contribution in [0.25, 0.3) is 0 Å². The maximum Gasteiger partial charge on any atom is 0.424 e. The zero-order valence-electron chi connectivity index (χ0n) is 18.6. The predicted molar refractivity (Wildman–Crippen MR) is 108 cm³/mol. The van der Waals surface area contributed by atoms with Crippen molar-refractivity contribution in [3.05, 3.63) is 11.3 Å². The van der Waals surface area contributed by atoms with E-state index in [1.165, 1.54) is 9.91 Å². The first kappa shape index (κ1) is 23.7. The molecule has 3 N–H and O–H groups in total. The van der Waals surface area contributed by atoms with Crippen molar-refractivity contribution in [1.82, 2.24) is 25.4 Å². The summed E-state index contributed by atoms with van der Waals surface area (Å²) in [5, 5.41) is 24.1. The van der Waals surface area contributed by atoms with Gasteiger partial charge in [0, 0.05) is 58.0 Å². The zero-order valence-corrected chi connectivity index (χ0v) is 18.6. The van der Waals surface area contributed by atoms with Gasteiger partial charge in [-0.25, -0.2) is 29.4 Å². The van der Waals surface area contributed by atoms with Gasteiger partial charge in [-0.1, -0.05) is 6.92 Å². The number of carboxylic acid groups (broad SMARTS) is 2. The van der Waals surface area contributed by atoms with E-state index in [2.05, 4.69) is 5.43 Å². The quantitative estimate of drug-likeness (QED) is 0.539. The Bertz CT molecular complexity index is 733. The van der Waals surface area contributed by atoms with Gasteiger partial charge in [-0.2, -0.15) is 0 Å². The highest BCUT2D eigenvalue weighted by Crippen LogP contribution is 2.38. The van der Waals surface area contributed by atoms with Crippen LogP contribution in [0.15, 0.2) is 11.3 Å². The molecule has 1 unspecified atom stereocenters. The predicted octanol–water partition coefficient (Wildman–Crippen LogP) is 1.39. The van der Waals surface area contributed by atoms with Crippen molar-refractivity contribution >= 4 is 18.2 Å². The molecular weight excluding hydrogens is 394 g/mol. The summed E-state index contributed by atoms with van der Waals surface area (Å²) in [6.45, 7) is 8.14. The van der Waals surface area contributed by atoms with Crippen LogP contribution in [0.2, 0.25) is 0 Å². The van der Waals surface area contributed by atoms with Crippen molar-refractivity contribution < 1.29 is 29.3 Å². The molecule has 0 aromatic heterocycles. The fourth-order valence-electron chi connectivity index (χ4n) is 3.76. The summed E-state index contributed by atoms with van der Waals surface area (Å²) in [6, 6.07) is 0. The van der Waals surface area contributed by atoms with E-state index in [1.807, 2.05) is 0 Å². The smallest absolute Gasteiger partial charge is 0.424 e. The highest BCUT2D eigenvalue weighted by Gasteiger charge is 2.53. The molecule has 0 fully saturated rings. The minimum absolute atomic E-state index is 0.0575. The lowest BCUT2D eigenvalue weighted by molar-refractivity contribution is -0.150. The molecule has 0 aliphatic carbocycles. The van der Waals surface area contributed by atoms with Crippen LogP contribution in [0.3, 0.4) is 0 Å². The van der Waals surface area contributed by atoms with Crippen molar-refractivity contribution in [1.29, 1.82) is 0 Å². The third kappa shape index (κ3) is 4.62. The van der Waals surface area contributed by atoms with Crippen LogP contribution in [-0.4, -0.2) is 99.7 Å². The molecule has 0 aromatic rings. The van der Waals surface area contributed by atoms with E-state index >= 15 is 0 Å². The molecule has 0 saturated heterocycles. The lowest BCUT2D eigenvalue weighted by atomic mass is 9.84. The lowest BCUT2D eigenvalue weighted by Gasteiger charge is -2.38. The summed E-state index contributed by atoms with van der Waals surface area (Å²) < 4.78 is 5.36. The number of hydrogen-bond donors (Lipinski definition) is 3. The number of amides is 2. The summed E-state index contributed by atoms with van der Waals surface area (Å²) in [5.41, 5.74) is 2.57. The number of nitrogens with zero attached hydrogens (tertiary/aromatic N) is 4. The van der Waals surface area contributed by atoms with E-state index in [0.29, 0.717) is 31.6 Å².